The number of imidazole rings is 1. The molecule has 1 amide bonds. The minimum Gasteiger partial charge on any atom is -0.442 e. The van der Waals surface area contributed by atoms with E-state index in [9.17, 15) is 22.8 Å². The third-order valence-electron chi connectivity index (χ3n) is 7.56. The predicted molar refractivity (Wildman–Crippen MR) is 157 cm³/mol. The van der Waals surface area contributed by atoms with Gasteiger partial charge >= 0.3 is 17.9 Å². The summed E-state index contributed by atoms with van der Waals surface area (Å²) in [6.07, 6.45) is -0.544. The summed E-state index contributed by atoms with van der Waals surface area (Å²) < 4.78 is 50.3. The van der Waals surface area contributed by atoms with E-state index in [1.165, 1.54) is 23.0 Å². The molecular weight excluding hydrogens is 589 g/mol. The minimum absolute atomic E-state index is 0.0604. The van der Waals surface area contributed by atoms with E-state index in [1.807, 2.05) is 19.0 Å². The van der Waals surface area contributed by atoms with E-state index in [0.717, 1.165) is 21.3 Å². The first-order chi connectivity index (χ1) is 21.4. The summed E-state index contributed by atoms with van der Waals surface area (Å²) in [6, 6.07) is 11.7. The highest BCUT2D eigenvalue weighted by atomic mass is 19.4. The summed E-state index contributed by atoms with van der Waals surface area (Å²) >= 11 is 0. The summed E-state index contributed by atoms with van der Waals surface area (Å²) in [5, 5.41) is 7.29. The third-order valence-corrected chi connectivity index (χ3v) is 7.56. The number of nitrogens with zero attached hydrogens (tertiary/aromatic N) is 7. The number of alkyl halides is 3. The quantitative estimate of drug-likeness (QED) is 0.236. The van der Waals surface area contributed by atoms with Gasteiger partial charge in [-0.1, -0.05) is 18.2 Å². The Bertz CT molecular complexity index is 2000. The fourth-order valence-electron chi connectivity index (χ4n) is 5.27. The minimum atomic E-state index is -4.65. The molecule has 1 fully saturated rings. The van der Waals surface area contributed by atoms with E-state index >= 15 is 0 Å². The van der Waals surface area contributed by atoms with Crippen molar-refractivity contribution in [3.05, 3.63) is 112 Å². The molecule has 1 aliphatic rings. The fraction of sp³-hybridized carbons (Fsp3) is 0.258. The molecule has 0 unspecified atom stereocenters. The molecule has 3 aromatic heterocycles. The Balaban J connectivity index is 1.49. The maximum absolute atomic E-state index is 14.1. The lowest BCUT2D eigenvalue weighted by Gasteiger charge is -2.16. The number of hydrogen-bond donors (Lipinski definition) is 1. The van der Waals surface area contributed by atoms with Crippen LogP contribution >= 0.6 is 0 Å². The lowest BCUT2D eigenvalue weighted by Crippen LogP contribution is -2.42. The van der Waals surface area contributed by atoms with E-state index < -0.39 is 29.0 Å². The Morgan fingerprint density at radius 1 is 1.13 bits per heavy atom. The van der Waals surface area contributed by atoms with Crippen molar-refractivity contribution in [2.45, 2.75) is 38.0 Å². The molecule has 230 valence electrons. The molecule has 0 saturated heterocycles. The molecule has 1 aliphatic carbocycles. The molecule has 2 aromatic carbocycles. The van der Waals surface area contributed by atoms with Crippen molar-refractivity contribution in [3.63, 3.8) is 0 Å². The second-order valence-electron chi connectivity index (χ2n) is 11.1. The Hall–Kier alpha value is -5.42. The lowest BCUT2D eigenvalue weighted by atomic mass is 10.2. The molecule has 45 heavy (non-hydrogen) atoms. The topological polar surface area (TPSA) is 107 Å². The van der Waals surface area contributed by atoms with E-state index in [-0.39, 0.29) is 17.1 Å². The van der Waals surface area contributed by atoms with Crippen molar-refractivity contribution in [3.8, 4) is 22.8 Å². The van der Waals surface area contributed by atoms with Gasteiger partial charge in [-0.25, -0.2) is 28.7 Å². The second kappa shape index (κ2) is 10.9. The number of rotatable bonds is 7. The van der Waals surface area contributed by atoms with Crippen LogP contribution in [0.5, 0.6) is 0 Å². The van der Waals surface area contributed by atoms with Gasteiger partial charge in [-0.2, -0.15) is 18.3 Å². The summed E-state index contributed by atoms with van der Waals surface area (Å²) in [7, 11) is 3.76. The number of amides is 1. The summed E-state index contributed by atoms with van der Waals surface area (Å²) in [6.45, 7) is 9.29. The Morgan fingerprint density at radius 2 is 1.87 bits per heavy atom. The zero-order valence-corrected chi connectivity index (χ0v) is 24.5. The van der Waals surface area contributed by atoms with Gasteiger partial charge in [0.05, 0.1) is 53.8 Å². The predicted octanol–water partition coefficient (Wildman–Crippen LogP) is 5.67. The van der Waals surface area contributed by atoms with Gasteiger partial charge < -0.3 is 14.6 Å². The van der Waals surface area contributed by atoms with E-state index in [2.05, 4.69) is 20.2 Å². The number of carbonyl (C=O) groups is 1. The highest BCUT2D eigenvalue weighted by molar-refractivity contribution is 5.84. The number of nitrogens with one attached hydrogen (secondary N) is 1. The van der Waals surface area contributed by atoms with Crippen LogP contribution < -0.4 is 11.0 Å². The highest BCUT2D eigenvalue weighted by Gasteiger charge is 2.51. The number of aromatic nitrogens is 5. The van der Waals surface area contributed by atoms with Crippen LogP contribution in [0.1, 0.15) is 35.7 Å². The van der Waals surface area contributed by atoms with Gasteiger partial charge in [0.15, 0.2) is 5.69 Å². The summed E-state index contributed by atoms with van der Waals surface area (Å²) in [4.78, 5) is 37.8. The number of hydrogen-bond acceptors (Lipinski definition) is 6. The zero-order valence-electron chi connectivity index (χ0n) is 24.5. The van der Waals surface area contributed by atoms with Gasteiger partial charge in [-0.15, -0.1) is 0 Å². The number of halogens is 3. The summed E-state index contributed by atoms with van der Waals surface area (Å²) in [5.74, 6) is 0.911. The molecular formula is C31H27F3N8O3. The van der Waals surface area contributed by atoms with Crippen molar-refractivity contribution in [1.29, 1.82) is 0 Å². The second-order valence-corrected chi connectivity index (χ2v) is 11.1. The first-order valence-electron chi connectivity index (χ1n) is 13.9. The SMILES string of the molecule is [C-]#[N+]c1ccc(-n2nccc2-c2c(C)n(-c3cccc(C(F)(F)F)c3)c(=O)n2C(=O)NC2(c3ncc(CN(C)C)o3)CC2)cc1. The highest BCUT2D eigenvalue weighted by Crippen LogP contribution is 2.45. The van der Waals surface area contributed by atoms with Crippen molar-refractivity contribution in [2.75, 3.05) is 14.1 Å². The lowest BCUT2D eigenvalue weighted by molar-refractivity contribution is -0.137. The zero-order chi connectivity index (χ0) is 32.1. The van der Waals surface area contributed by atoms with Crippen LogP contribution in [0.4, 0.5) is 23.7 Å². The molecule has 0 atom stereocenters. The molecule has 3 heterocycles. The Morgan fingerprint density at radius 3 is 2.51 bits per heavy atom. The average molecular weight is 617 g/mol. The van der Waals surface area contributed by atoms with Gasteiger partial charge in [-0.3, -0.25) is 4.57 Å². The largest absolute Gasteiger partial charge is 0.442 e. The van der Waals surface area contributed by atoms with Gasteiger partial charge in [0.25, 0.3) is 0 Å². The smallest absolute Gasteiger partial charge is 0.416 e. The van der Waals surface area contributed by atoms with Gasteiger partial charge in [0, 0.05) is 0 Å². The van der Waals surface area contributed by atoms with Gasteiger partial charge in [-0.05, 0) is 70.3 Å². The number of carbonyl (C=O) groups excluding carboxylic acids is 1. The van der Waals surface area contributed by atoms with Crippen molar-refractivity contribution in [1.82, 2.24) is 34.1 Å². The molecule has 0 radical (unpaired) electrons. The molecule has 0 bridgehead atoms. The molecule has 6 rings (SSSR count). The molecule has 1 N–H and O–H groups in total. The van der Waals surface area contributed by atoms with Crippen LogP contribution in [0.3, 0.4) is 0 Å². The van der Waals surface area contributed by atoms with Crippen LogP contribution in [0.15, 0.2) is 76.2 Å². The maximum atomic E-state index is 14.1. The van der Waals surface area contributed by atoms with E-state index in [0.29, 0.717) is 48.1 Å². The van der Waals surface area contributed by atoms with E-state index in [4.69, 9.17) is 11.0 Å². The standard InChI is InChI=1S/C31H27F3N8O3/c1-19-26(25-12-15-37-42(25)22-10-8-21(35-2)9-11-22)41(29(44)40(19)23-7-5-6-20(16-23)31(32,33)34)28(43)38-30(13-14-30)27-36-17-24(45-27)18-39(3)4/h5-12,15-17H,13-14,18H2,1,3-4H3,(H,38,43). The normalized spacial score (nSPS) is 14.0. The number of benzene rings is 2. The first-order valence-corrected chi connectivity index (χ1v) is 13.9. The van der Waals surface area contributed by atoms with Crippen molar-refractivity contribution < 1.29 is 22.4 Å². The first kappa shape index (κ1) is 29.6. The van der Waals surface area contributed by atoms with Crippen molar-refractivity contribution >= 4 is 11.7 Å². The van der Waals surface area contributed by atoms with E-state index in [1.54, 1.807) is 43.5 Å². The van der Waals surface area contributed by atoms with Crippen LogP contribution in [-0.4, -0.2) is 48.9 Å². The maximum Gasteiger partial charge on any atom is 0.416 e. The monoisotopic (exact) mass is 616 g/mol. The fourth-order valence-corrected chi connectivity index (χ4v) is 5.27. The van der Waals surface area contributed by atoms with Crippen LogP contribution in [0.2, 0.25) is 0 Å². The molecule has 1 saturated carbocycles. The Kier molecular flexibility index (Phi) is 7.20. The van der Waals surface area contributed by atoms with Crippen LogP contribution in [0.25, 0.3) is 27.6 Å². The van der Waals surface area contributed by atoms with Gasteiger partial charge in [0.2, 0.25) is 5.89 Å². The van der Waals surface area contributed by atoms with Crippen LogP contribution in [0, 0.1) is 13.5 Å². The van der Waals surface area contributed by atoms with Crippen LogP contribution in [-0.2, 0) is 18.3 Å². The molecule has 14 heteroatoms. The number of oxazole rings is 1. The van der Waals surface area contributed by atoms with Gasteiger partial charge in [0.1, 0.15) is 17.0 Å². The summed E-state index contributed by atoms with van der Waals surface area (Å²) in [5.41, 5.74) is -1.20. The molecule has 0 aliphatic heterocycles. The van der Waals surface area contributed by atoms with Crippen molar-refractivity contribution in [2.24, 2.45) is 0 Å². The molecule has 0 spiro atoms. The average Bonchev–Trinajstić information content (AvgIpc) is 3.30. The third kappa shape index (κ3) is 5.42. The molecule has 5 aromatic rings. The molecule has 11 nitrogen and oxygen atoms in total. The Labute approximate surface area is 255 Å².